The summed E-state index contributed by atoms with van der Waals surface area (Å²) in [5.41, 5.74) is 1.24. The van der Waals surface area contributed by atoms with Gasteiger partial charge < -0.3 is 24.6 Å². The first kappa shape index (κ1) is 24.4. The number of likely N-dealkylation sites (N-methyl/N-ethyl adjacent to an activating group) is 1. The molecule has 0 radical (unpaired) electrons. The minimum atomic E-state index is -0.834. The van der Waals surface area contributed by atoms with Crippen LogP contribution in [0, 0.1) is 0 Å². The fourth-order valence-corrected chi connectivity index (χ4v) is 3.77. The molecule has 35 heavy (non-hydrogen) atoms. The Labute approximate surface area is 205 Å². The van der Waals surface area contributed by atoms with Crippen LogP contribution in [-0.2, 0) is 16.1 Å². The van der Waals surface area contributed by atoms with Gasteiger partial charge in [-0.2, -0.15) is 0 Å². The molecule has 3 aromatic rings. The lowest BCUT2D eigenvalue weighted by Gasteiger charge is -2.34. The van der Waals surface area contributed by atoms with Crippen molar-refractivity contribution in [2.45, 2.75) is 12.6 Å². The number of hydrogen-bond acceptors (Lipinski definition) is 6. The fraction of sp³-hybridized carbons (Fsp3) is 0.296. The smallest absolute Gasteiger partial charge is 0.257 e. The molecule has 0 aliphatic carbocycles. The Hall–Kier alpha value is -3.75. The Balaban J connectivity index is 1.47. The summed E-state index contributed by atoms with van der Waals surface area (Å²) in [4.78, 5) is 34.8. The second-order valence-electron chi connectivity index (χ2n) is 8.43. The molecule has 1 saturated heterocycles. The quantitative estimate of drug-likeness (QED) is 0.513. The van der Waals surface area contributed by atoms with E-state index < -0.39 is 11.9 Å². The minimum absolute atomic E-state index is 0.0565. The molecule has 1 fully saturated rings. The first-order valence-corrected chi connectivity index (χ1v) is 11.7. The van der Waals surface area contributed by atoms with Crippen molar-refractivity contribution in [1.82, 2.24) is 20.1 Å². The number of hydrogen-bond donors (Lipinski definition) is 1. The topological polar surface area (TPSA) is 84.0 Å². The van der Waals surface area contributed by atoms with Crippen molar-refractivity contribution in [2.24, 2.45) is 0 Å². The zero-order valence-corrected chi connectivity index (χ0v) is 19.8. The highest BCUT2D eigenvalue weighted by atomic mass is 16.5. The lowest BCUT2D eigenvalue weighted by molar-refractivity contribution is -0.136. The molecule has 1 N–H and O–H groups in total. The van der Waals surface area contributed by atoms with Crippen LogP contribution in [0.1, 0.15) is 15.9 Å². The Kier molecular flexibility index (Phi) is 8.43. The summed E-state index contributed by atoms with van der Waals surface area (Å²) in [5.74, 6) is 0.137. The normalized spacial score (nSPS) is 14.8. The molecule has 2 heterocycles. The summed E-state index contributed by atoms with van der Waals surface area (Å²) in [5, 5.41) is 2.87. The van der Waals surface area contributed by atoms with Gasteiger partial charge in [0.25, 0.3) is 5.91 Å². The van der Waals surface area contributed by atoms with Crippen molar-refractivity contribution >= 4 is 11.8 Å². The van der Waals surface area contributed by atoms with Gasteiger partial charge in [0.05, 0.1) is 13.2 Å². The van der Waals surface area contributed by atoms with Crippen LogP contribution in [0.5, 0.6) is 11.6 Å². The third-order valence-corrected chi connectivity index (χ3v) is 5.79. The number of aromatic nitrogens is 1. The van der Waals surface area contributed by atoms with Crippen LogP contribution < -0.4 is 10.1 Å². The predicted octanol–water partition coefficient (Wildman–Crippen LogP) is 2.96. The number of benzene rings is 2. The zero-order valence-electron chi connectivity index (χ0n) is 19.8. The Morgan fingerprint density at radius 1 is 0.943 bits per heavy atom. The molecule has 1 aliphatic rings. The van der Waals surface area contributed by atoms with Gasteiger partial charge in [0.15, 0.2) is 0 Å². The van der Waals surface area contributed by atoms with Gasteiger partial charge in [-0.15, -0.1) is 0 Å². The molecule has 0 bridgehead atoms. The van der Waals surface area contributed by atoms with E-state index >= 15 is 0 Å². The summed E-state index contributed by atoms with van der Waals surface area (Å²) >= 11 is 0. The third kappa shape index (κ3) is 6.88. The number of nitrogens with zero attached hydrogens (tertiary/aromatic N) is 3. The molecule has 0 unspecified atom stereocenters. The fourth-order valence-electron chi connectivity index (χ4n) is 3.77. The number of pyridine rings is 1. The van der Waals surface area contributed by atoms with E-state index in [0.717, 1.165) is 18.7 Å². The maximum absolute atomic E-state index is 13.4. The summed E-state index contributed by atoms with van der Waals surface area (Å²) in [7, 11) is 2.03. The van der Waals surface area contributed by atoms with Gasteiger partial charge in [-0.25, -0.2) is 4.98 Å². The molecule has 8 nitrogen and oxygen atoms in total. The van der Waals surface area contributed by atoms with Crippen LogP contribution in [0.25, 0.3) is 0 Å². The Morgan fingerprint density at radius 2 is 1.63 bits per heavy atom. The van der Waals surface area contributed by atoms with Gasteiger partial charge in [0, 0.05) is 32.4 Å². The summed E-state index contributed by atoms with van der Waals surface area (Å²) in [6.45, 7) is 3.19. The molecular weight excluding hydrogens is 444 g/mol. The van der Waals surface area contributed by atoms with Crippen LogP contribution >= 0.6 is 0 Å². The zero-order chi connectivity index (χ0) is 24.5. The van der Waals surface area contributed by atoms with Gasteiger partial charge in [-0.05, 0) is 36.9 Å². The van der Waals surface area contributed by atoms with Crippen molar-refractivity contribution in [3.8, 4) is 11.6 Å². The molecule has 1 aliphatic heterocycles. The van der Waals surface area contributed by atoms with Gasteiger partial charge in [-0.3, -0.25) is 9.59 Å². The second-order valence-corrected chi connectivity index (χ2v) is 8.43. The summed E-state index contributed by atoms with van der Waals surface area (Å²) in [6.07, 6.45) is 1.56. The van der Waals surface area contributed by atoms with Crippen molar-refractivity contribution < 1.29 is 19.1 Å². The van der Waals surface area contributed by atoms with E-state index in [9.17, 15) is 9.59 Å². The molecule has 0 spiro atoms. The van der Waals surface area contributed by atoms with E-state index in [2.05, 4.69) is 15.2 Å². The highest BCUT2D eigenvalue weighted by molar-refractivity contribution is 5.99. The molecule has 2 aromatic carbocycles. The molecule has 1 aromatic heterocycles. The van der Waals surface area contributed by atoms with Crippen LogP contribution in [0.15, 0.2) is 79.0 Å². The molecule has 0 saturated carbocycles. The molecule has 1 atom stereocenters. The van der Waals surface area contributed by atoms with Gasteiger partial charge >= 0.3 is 0 Å². The van der Waals surface area contributed by atoms with E-state index in [1.165, 1.54) is 0 Å². The van der Waals surface area contributed by atoms with Crippen molar-refractivity contribution in [3.63, 3.8) is 0 Å². The number of carbonyl (C=O) groups is 2. The monoisotopic (exact) mass is 474 g/mol. The van der Waals surface area contributed by atoms with Gasteiger partial charge in [0.1, 0.15) is 17.4 Å². The minimum Gasteiger partial charge on any atom is -0.438 e. The number of ether oxygens (including phenoxy) is 2. The number of para-hydroxylation sites is 1. The Morgan fingerprint density at radius 3 is 2.34 bits per heavy atom. The van der Waals surface area contributed by atoms with Crippen LogP contribution in [0.2, 0.25) is 0 Å². The maximum Gasteiger partial charge on any atom is 0.257 e. The van der Waals surface area contributed by atoms with Gasteiger partial charge in [0.2, 0.25) is 11.8 Å². The third-order valence-electron chi connectivity index (χ3n) is 5.79. The number of piperazine rings is 1. The van der Waals surface area contributed by atoms with E-state index in [1.807, 2.05) is 55.6 Å². The predicted molar refractivity (Wildman–Crippen MR) is 132 cm³/mol. The Bertz CT molecular complexity index is 1100. The first-order valence-electron chi connectivity index (χ1n) is 11.7. The van der Waals surface area contributed by atoms with E-state index in [-0.39, 0.29) is 24.0 Å². The lowest BCUT2D eigenvalue weighted by Crippen LogP contribution is -2.55. The van der Waals surface area contributed by atoms with E-state index in [1.54, 1.807) is 35.4 Å². The molecule has 8 heteroatoms. The standard InChI is InChI=1S/C27H30N4O4/c1-30-15-17-31(18-16-30)27(33)24(20-34-19-21-9-4-2-5-10-21)29-25(32)23-13-8-14-28-26(23)35-22-11-6-3-7-12-22/h2-14,24H,15-20H2,1H3,(H,29,32)/t24-/m1/s1. The van der Waals surface area contributed by atoms with Crippen molar-refractivity contribution in [1.29, 1.82) is 0 Å². The second kappa shape index (κ2) is 12.1. The van der Waals surface area contributed by atoms with Crippen LogP contribution in [0.4, 0.5) is 0 Å². The summed E-state index contributed by atoms with van der Waals surface area (Å²) < 4.78 is 11.7. The van der Waals surface area contributed by atoms with Crippen molar-refractivity contribution in [2.75, 3.05) is 39.8 Å². The highest BCUT2D eigenvalue weighted by Gasteiger charge is 2.29. The first-order chi connectivity index (χ1) is 17.1. The molecular formula is C27H30N4O4. The average Bonchev–Trinajstić information content (AvgIpc) is 2.89. The van der Waals surface area contributed by atoms with E-state index in [0.29, 0.717) is 25.4 Å². The maximum atomic E-state index is 13.4. The SMILES string of the molecule is CN1CCN(C(=O)[C@@H](COCc2ccccc2)NC(=O)c2cccnc2Oc2ccccc2)CC1. The van der Waals surface area contributed by atoms with E-state index in [4.69, 9.17) is 9.47 Å². The highest BCUT2D eigenvalue weighted by Crippen LogP contribution is 2.22. The summed E-state index contributed by atoms with van der Waals surface area (Å²) in [6, 6.07) is 21.3. The largest absolute Gasteiger partial charge is 0.438 e. The van der Waals surface area contributed by atoms with Crippen LogP contribution in [-0.4, -0.2) is 72.5 Å². The number of carbonyl (C=O) groups excluding carboxylic acids is 2. The van der Waals surface area contributed by atoms with Crippen LogP contribution in [0.3, 0.4) is 0 Å². The molecule has 2 amide bonds. The number of nitrogens with one attached hydrogen (secondary N) is 1. The number of rotatable bonds is 9. The molecule has 182 valence electrons. The van der Waals surface area contributed by atoms with Crippen molar-refractivity contribution in [3.05, 3.63) is 90.1 Å². The average molecular weight is 475 g/mol. The lowest BCUT2D eigenvalue weighted by atomic mass is 10.2. The van der Waals surface area contributed by atoms with Gasteiger partial charge in [-0.1, -0.05) is 48.5 Å². The number of amides is 2. The molecule has 4 rings (SSSR count).